The third-order valence-corrected chi connectivity index (χ3v) is 9.08. The van der Waals surface area contributed by atoms with Crippen LogP contribution in [-0.4, -0.2) is 49.5 Å². The van der Waals surface area contributed by atoms with Crippen LogP contribution in [0.2, 0.25) is 0 Å². The van der Waals surface area contributed by atoms with E-state index in [0.717, 1.165) is 38.4 Å². The molecule has 1 fully saturated rings. The van der Waals surface area contributed by atoms with Gasteiger partial charge >= 0.3 is 12.4 Å². The number of nitro groups is 1. The highest BCUT2D eigenvalue weighted by Crippen LogP contribution is 2.38. The molecule has 1 aliphatic heterocycles. The fourth-order valence-corrected chi connectivity index (χ4v) is 6.82. The topological polar surface area (TPSA) is 122 Å². The van der Waals surface area contributed by atoms with Crippen molar-refractivity contribution >= 4 is 21.6 Å². The minimum absolute atomic E-state index is 0.0796. The average molecular weight is 637 g/mol. The fraction of sp³-hybridized carbons (Fsp3) is 0.519. The molecule has 43 heavy (non-hydrogen) atoms. The Balaban J connectivity index is 1.52. The first-order valence-electron chi connectivity index (χ1n) is 13.6. The molecule has 0 bridgehead atoms. The molecule has 1 aliphatic carbocycles. The van der Waals surface area contributed by atoms with E-state index in [1.54, 1.807) is 12.1 Å². The molecule has 2 aromatic rings. The van der Waals surface area contributed by atoms with Crippen molar-refractivity contribution in [2.45, 2.75) is 80.8 Å². The van der Waals surface area contributed by atoms with Gasteiger partial charge in [-0.25, -0.2) is 8.42 Å². The average Bonchev–Trinajstić information content (AvgIpc) is 2.92. The second-order valence-corrected chi connectivity index (χ2v) is 12.4. The molecular weight excluding hydrogens is 606 g/mol. The molecule has 2 aliphatic rings. The van der Waals surface area contributed by atoms with Gasteiger partial charge in [0.05, 0.1) is 27.8 Å². The molecule has 0 saturated carbocycles. The summed E-state index contributed by atoms with van der Waals surface area (Å²) >= 11 is 0. The van der Waals surface area contributed by atoms with Crippen molar-refractivity contribution in [2.75, 3.05) is 13.1 Å². The first-order valence-corrected chi connectivity index (χ1v) is 15.1. The van der Waals surface area contributed by atoms with E-state index in [4.69, 9.17) is 0 Å². The lowest BCUT2D eigenvalue weighted by molar-refractivity contribution is -0.386. The van der Waals surface area contributed by atoms with Gasteiger partial charge in [0, 0.05) is 17.7 Å². The SMILES string of the molecule is O=C(C[C@@H](NS(=O)(=O)c1cccc(C(F)(F)F)c1)C(F)(F)F)N[C@@H]1CCCc2c1ccc(CN1CCCCC1)c2[N+](=O)[O-]. The molecule has 0 unspecified atom stereocenters. The van der Waals surface area contributed by atoms with Crippen LogP contribution in [-0.2, 0) is 34.0 Å². The summed E-state index contributed by atoms with van der Waals surface area (Å²) in [6, 6.07) is 1.63. The van der Waals surface area contributed by atoms with Crippen LogP contribution in [0, 0.1) is 10.1 Å². The number of fused-ring (bicyclic) bond motifs is 1. The lowest BCUT2D eigenvalue weighted by atomic mass is 9.85. The van der Waals surface area contributed by atoms with Crippen molar-refractivity contribution in [3.05, 3.63) is 68.8 Å². The molecule has 1 heterocycles. The van der Waals surface area contributed by atoms with Crippen molar-refractivity contribution in [1.29, 1.82) is 0 Å². The standard InChI is InChI=1S/C27H30F6N4O5S/c28-26(29,30)18-6-4-7-19(14-18)43(41,42)35-23(27(31,32)33)15-24(38)34-22-9-5-8-21-20(22)11-10-17(25(21)37(39)40)16-36-12-2-1-3-13-36/h4,6-7,10-11,14,22-23,35H,1-3,5,8-9,12-13,15-16H2,(H,34,38)/t22-,23-/m1/s1. The second-order valence-electron chi connectivity index (χ2n) is 10.7. The Hall–Kier alpha value is -3.24. The Morgan fingerprint density at radius 3 is 2.37 bits per heavy atom. The number of amides is 1. The van der Waals surface area contributed by atoms with Gasteiger partial charge in [0.15, 0.2) is 0 Å². The Bertz CT molecular complexity index is 1460. The third-order valence-electron chi connectivity index (χ3n) is 7.61. The lowest BCUT2D eigenvalue weighted by Gasteiger charge is -2.29. The van der Waals surface area contributed by atoms with Crippen LogP contribution in [0.4, 0.5) is 32.0 Å². The van der Waals surface area contributed by atoms with Gasteiger partial charge in [0.1, 0.15) is 6.04 Å². The largest absolute Gasteiger partial charge is 0.416 e. The maximum atomic E-state index is 13.8. The number of hydrogen-bond donors (Lipinski definition) is 2. The first-order chi connectivity index (χ1) is 20.1. The number of hydrogen-bond acceptors (Lipinski definition) is 6. The van der Waals surface area contributed by atoms with Crippen LogP contribution in [0.25, 0.3) is 0 Å². The Morgan fingerprint density at radius 1 is 1.05 bits per heavy atom. The molecule has 2 N–H and O–H groups in total. The quantitative estimate of drug-likeness (QED) is 0.216. The minimum atomic E-state index is -5.27. The summed E-state index contributed by atoms with van der Waals surface area (Å²) in [6.07, 6.45) is -7.50. The number of piperidine rings is 1. The summed E-state index contributed by atoms with van der Waals surface area (Å²) in [5.41, 5.74) is -0.140. The minimum Gasteiger partial charge on any atom is -0.349 e. The van der Waals surface area contributed by atoms with Crippen LogP contribution in [0.15, 0.2) is 41.3 Å². The van der Waals surface area contributed by atoms with Crippen molar-refractivity contribution < 1.29 is 44.5 Å². The van der Waals surface area contributed by atoms with E-state index >= 15 is 0 Å². The van der Waals surface area contributed by atoms with Crippen molar-refractivity contribution in [3.63, 3.8) is 0 Å². The third kappa shape index (κ3) is 8.03. The highest BCUT2D eigenvalue weighted by atomic mass is 32.2. The maximum Gasteiger partial charge on any atom is 0.416 e. The number of nitrogens with one attached hydrogen (secondary N) is 2. The Labute approximate surface area is 243 Å². The van der Waals surface area contributed by atoms with Crippen LogP contribution in [0.3, 0.4) is 0 Å². The van der Waals surface area contributed by atoms with Crippen LogP contribution >= 0.6 is 0 Å². The Kier molecular flexibility index (Phi) is 9.71. The molecule has 0 spiro atoms. The van der Waals surface area contributed by atoms with Gasteiger partial charge in [-0.15, -0.1) is 0 Å². The van der Waals surface area contributed by atoms with Gasteiger partial charge in [-0.2, -0.15) is 31.1 Å². The number of halogens is 6. The van der Waals surface area contributed by atoms with Crippen molar-refractivity contribution in [2.24, 2.45) is 0 Å². The number of rotatable bonds is 9. The molecule has 1 amide bonds. The van der Waals surface area contributed by atoms with Gasteiger partial charge in [-0.3, -0.25) is 19.8 Å². The molecule has 0 radical (unpaired) electrons. The van der Waals surface area contributed by atoms with Gasteiger partial charge in [-0.1, -0.05) is 24.6 Å². The fourth-order valence-electron chi connectivity index (χ4n) is 5.55. The zero-order chi connectivity index (χ0) is 31.6. The normalized spacial score (nSPS) is 19.0. The number of sulfonamides is 1. The van der Waals surface area contributed by atoms with Crippen molar-refractivity contribution in [3.8, 4) is 0 Å². The number of alkyl halides is 6. The van der Waals surface area contributed by atoms with E-state index in [1.165, 1.54) is 4.72 Å². The molecule has 1 saturated heterocycles. The molecule has 236 valence electrons. The monoisotopic (exact) mass is 636 g/mol. The predicted molar refractivity (Wildman–Crippen MR) is 142 cm³/mol. The summed E-state index contributed by atoms with van der Waals surface area (Å²) in [6.45, 7) is 2.00. The highest BCUT2D eigenvalue weighted by molar-refractivity contribution is 7.89. The number of carbonyl (C=O) groups excluding carboxylic acids is 1. The van der Waals surface area contributed by atoms with E-state index in [1.807, 2.05) is 0 Å². The number of nitrogens with zero attached hydrogens (tertiary/aromatic N) is 2. The van der Waals surface area contributed by atoms with E-state index in [2.05, 4.69) is 10.2 Å². The van der Waals surface area contributed by atoms with Gasteiger partial charge < -0.3 is 5.32 Å². The van der Waals surface area contributed by atoms with E-state index in [0.29, 0.717) is 48.2 Å². The maximum absolute atomic E-state index is 13.8. The summed E-state index contributed by atoms with van der Waals surface area (Å²) in [5.74, 6) is -1.19. The highest BCUT2D eigenvalue weighted by Gasteiger charge is 2.44. The van der Waals surface area contributed by atoms with Gasteiger partial charge in [0.25, 0.3) is 5.69 Å². The van der Waals surface area contributed by atoms with E-state index in [-0.39, 0.29) is 18.2 Å². The number of benzene rings is 2. The summed E-state index contributed by atoms with van der Waals surface area (Å²) < 4.78 is 107. The van der Waals surface area contributed by atoms with Crippen LogP contribution in [0.5, 0.6) is 0 Å². The Morgan fingerprint density at radius 2 is 1.74 bits per heavy atom. The predicted octanol–water partition coefficient (Wildman–Crippen LogP) is 5.39. The molecule has 16 heteroatoms. The zero-order valence-electron chi connectivity index (χ0n) is 22.8. The number of nitro benzene ring substituents is 1. The van der Waals surface area contributed by atoms with E-state index in [9.17, 15) is 49.7 Å². The molecule has 2 atom stereocenters. The molecule has 2 aromatic carbocycles. The molecule has 0 aromatic heterocycles. The lowest BCUT2D eigenvalue weighted by Crippen LogP contribution is -2.48. The van der Waals surface area contributed by atoms with E-state index < -0.39 is 62.2 Å². The summed E-state index contributed by atoms with van der Waals surface area (Å²) in [7, 11) is -5.11. The zero-order valence-corrected chi connectivity index (χ0v) is 23.6. The van der Waals surface area contributed by atoms with Gasteiger partial charge in [0.2, 0.25) is 15.9 Å². The molecule has 9 nitrogen and oxygen atoms in total. The summed E-state index contributed by atoms with van der Waals surface area (Å²) in [5, 5.41) is 14.5. The molecule has 4 rings (SSSR count). The van der Waals surface area contributed by atoms with Crippen molar-refractivity contribution in [1.82, 2.24) is 14.9 Å². The number of likely N-dealkylation sites (tertiary alicyclic amines) is 1. The number of carbonyl (C=O) groups is 1. The summed E-state index contributed by atoms with van der Waals surface area (Å²) in [4.78, 5) is 25.5. The smallest absolute Gasteiger partial charge is 0.349 e. The van der Waals surface area contributed by atoms with Gasteiger partial charge in [-0.05, 0) is 69.0 Å². The van der Waals surface area contributed by atoms with Crippen LogP contribution < -0.4 is 10.0 Å². The first kappa shape index (κ1) is 32.7. The molecular formula is C27H30F6N4O5S. The van der Waals surface area contributed by atoms with Crippen LogP contribution in [0.1, 0.15) is 66.8 Å². The second kappa shape index (κ2) is 12.8.